The fourth-order valence-corrected chi connectivity index (χ4v) is 2.93. The summed E-state index contributed by atoms with van der Waals surface area (Å²) in [4.78, 5) is 14.0. The molecule has 2 atom stereocenters. The maximum absolute atomic E-state index is 12.3. The second-order valence-corrected chi connectivity index (χ2v) is 6.06. The number of carbonyl (C=O) groups excluding carboxylic acids is 1. The molecule has 2 aromatic rings. The summed E-state index contributed by atoms with van der Waals surface area (Å²) in [5.41, 5.74) is 3.06. The summed E-state index contributed by atoms with van der Waals surface area (Å²) in [6.07, 6.45) is 2.81. The maximum Gasteiger partial charge on any atom is 0.230 e. The van der Waals surface area contributed by atoms with E-state index in [1.54, 1.807) is 4.90 Å². The second-order valence-electron chi connectivity index (χ2n) is 6.06. The first-order valence-electron chi connectivity index (χ1n) is 7.66. The number of nitrogens with zero attached hydrogens (tertiary/aromatic N) is 3. The summed E-state index contributed by atoms with van der Waals surface area (Å²) in [5.74, 6) is 0.246. The van der Waals surface area contributed by atoms with Gasteiger partial charge in [-0.2, -0.15) is 10.4 Å². The Bertz CT molecular complexity index is 760. The van der Waals surface area contributed by atoms with Crippen molar-refractivity contribution in [3.05, 3.63) is 35.9 Å². The molecule has 0 radical (unpaired) electrons. The molecule has 1 amide bonds. The van der Waals surface area contributed by atoms with Crippen molar-refractivity contribution >= 4 is 11.7 Å². The molecule has 0 spiro atoms. The van der Waals surface area contributed by atoms with Crippen LogP contribution in [0.3, 0.4) is 0 Å². The molecule has 1 aliphatic rings. The number of H-pyrrole nitrogens is 1. The first-order valence-corrected chi connectivity index (χ1v) is 7.66. The Hall–Kier alpha value is -2.81. The lowest BCUT2D eigenvalue weighted by atomic mass is 10.1. The van der Waals surface area contributed by atoms with E-state index in [1.807, 2.05) is 38.1 Å². The number of hydrogen-bond acceptors (Lipinski definition) is 4. The summed E-state index contributed by atoms with van der Waals surface area (Å²) >= 11 is 0. The van der Waals surface area contributed by atoms with E-state index in [4.69, 9.17) is 5.26 Å². The summed E-state index contributed by atoms with van der Waals surface area (Å²) in [5, 5.41) is 18.9. The second kappa shape index (κ2) is 6.13. The lowest BCUT2D eigenvalue weighted by molar-refractivity contribution is -0.119. The molecule has 118 valence electrons. The van der Waals surface area contributed by atoms with Crippen LogP contribution in [0.4, 0.5) is 5.82 Å². The van der Waals surface area contributed by atoms with Crippen molar-refractivity contribution in [1.29, 1.82) is 5.26 Å². The van der Waals surface area contributed by atoms with Crippen LogP contribution in [-0.2, 0) is 4.79 Å². The van der Waals surface area contributed by atoms with Gasteiger partial charge in [-0.1, -0.05) is 23.8 Å². The normalized spacial score (nSPS) is 20.3. The number of carbonyl (C=O) groups is 1. The smallest absolute Gasteiger partial charge is 0.230 e. The Morgan fingerprint density at radius 1 is 1.48 bits per heavy atom. The molecule has 23 heavy (non-hydrogen) atoms. The van der Waals surface area contributed by atoms with Gasteiger partial charge in [0.2, 0.25) is 5.91 Å². The Morgan fingerprint density at radius 3 is 3.00 bits per heavy atom. The molecule has 2 unspecified atom stereocenters. The standard InChI is InChI=1S/C17H19N5O/c1-11-4-3-5-13(6-11)15-8-16(21-20-15)19-17(23)14-7-12(2)22(9-14)10-18/h3-6,8,12,14H,7,9H2,1-2H3,(H2,19,20,21,23). The van der Waals surface area contributed by atoms with E-state index in [1.165, 1.54) is 5.56 Å². The van der Waals surface area contributed by atoms with Crippen LogP contribution in [0.15, 0.2) is 30.3 Å². The SMILES string of the molecule is Cc1cccc(-c2cc(NC(=O)C3CC(C)N(C#N)C3)n[nH]2)c1. The molecular weight excluding hydrogens is 290 g/mol. The van der Waals surface area contributed by atoms with Crippen molar-refractivity contribution < 1.29 is 4.79 Å². The molecule has 1 aromatic heterocycles. The van der Waals surface area contributed by atoms with E-state index in [-0.39, 0.29) is 17.9 Å². The minimum atomic E-state index is -0.177. The van der Waals surface area contributed by atoms with Crippen molar-refractivity contribution in [2.24, 2.45) is 5.92 Å². The molecule has 2 heterocycles. The van der Waals surface area contributed by atoms with E-state index in [0.29, 0.717) is 18.8 Å². The van der Waals surface area contributed by atoms with E-state index in [0.717, 1.165) is 11.3 Å². The van der Waals surface area contributed by atoms with Gasteiger partial charge < -0.3 is 10.2 Å². The van der Waals surface area contributed by atoms with Gasteiger partial charge in [-0.25, -0.2) is 0 Å². The summed E-state index contributed by atoms with van der Waals surface area (Å²) in [6, 6.07) is 10.0. The number of hydrogen-bond donors (Lipinski definition) is 2. The van der Waals surface area contributed by atoms with Crippen molar-refractivity contribution in [2.75, 3.05) is 11.9 Å². The number of likely N-dealkylation sites (tertiary alicyclic amines) is 1. The number of benzene rings is 1. The van der Waals surface area contributed by atoms with Crippen LogP contribution in [0.2, 0.25) is 0 Å². The van der Waals surface area contributed by atoms with E-state index >= 15 is 0 Å². The van der Waals surface area contributed by atoms with Crippen molar-refractivity contribution in [1.82, 2.24) is 15.1 Å². The Balaban J connectivity index is 1.68. The predicted octanol–water partition coefficient (Wildman–Crippen LogP) is 2.52. The molecule has 2 N–H and O–H groups in total. The minimum Gasteiger partial charge on any atom is -0.309 e. The largest absolute Gasteiger partial charge is 0.309 e. The third kappa shape index (κ3) is 3.19. The van der Waals surface area contributed by atoms with Gasteiger partial charge in [-0.05, 0) is 31.9 Å². The average molecular weight is 309 g/mol. The summed E-state index contributed by atoms with van der Waals surface area (Å²) < 4.78 is 0. The van der Waals surface area contributed by atoms with Gasteiger partial charge in [0.05, 0.1) is 11.6 Å². The van der Waals surface area contributed by atoms with Gasteiger partial charge in [0.15, 0.2) is 12.0 Å². The molecule has 1 saturated heterocycles. The molecule has 1 aromatic carbocycles. The Kier molecular flexibility index (Phi) is 4.02. The molecule has 1 fully saturated rings. The highest BCUT2D eigenvalue weighted by atomic mass is 16.2. The number of anilines is 1. The quantitative estimate of drug-likeness (QED) is 0.853. The minimum absolute atomic E-state index is 0.0862. The fourth-order valence-electron chi connectivity index (χ4n) is 2.93. The third-order valence-electron chi connectivity index (χ3n) is 4.23. The van der Waals surface area contributed by atoms with Crippen molar-refractivity contribution in [3.8, 4) is 17.5 Å². The lowest BCUT2D eigenvalue weighted by Gasteiger charge is -2.11. The first-order chi connectivity index (χ1) is 11.1. The molecular formula is C17H19N5O. The van der Waals surface area contributed by atoms with Gasteiger partial charge in [0.1, 0.15) is 0 Å². The highest BCUT2D eigenvalue weighted by Crippen LogP contribution is 2.24. The number of aromatic amines is 1. The van der Waals surface area contributed by atoms with Gasteiger partial charge in [-0.15, -0.1) is 0 Å². The zero-order chi connectivity index (χ0) is 16.4. The highest BCUT2D eigenvalue weighted by molar-refractivity contribution is 5.92. The van der Waals surface area contributed by atoms with Gasteiger partial charge in [0, 0.05) is 18.7 Å². The highest BCUT2D eigenvalue weighted by Gasteiger charge is 2.33. The van der Waals surface area contributed by atoms with Crippen LogP contribution in [0, 0.1) is 24.3 Å². The number of aryl methyl sites for hydroxylation is 1. The van der Waals surface area contributed by atoms with Crippen molar-refractivity contribution in [3.63, 3.8) is 0 Å². The molecule has 0 aliphatic carbocycles. The average Bonchev–Trinajstić information content (AvgIpc) is 3.14. The van der Waals surface area contributed by atoms with Crippen molar-refractivity contribution in [2.45, 2.75) is 26.3 Å². The van der Waals surface area contributed by atoms with Crippen LogP contribution in [0.25, 0.3) is 11.3 Å². The summed E-state index contributed by atoms with van der Waals surface area (Å²) in [6.45, 7) is 4.46. The van der Waals surface area contributed by atoms with Gasteiger partial charge in [0.25, 0.3) is 0 Å². The molecule has 6 heteroatoms. The van der Waals surface area contributed by atoms with Crippen LogP contribution >= 0.6 is 0 Å². The molecule has 0 saturated carbocycles. The fraction of sp³-hybridized carbons (Fsp3) is 0.353. The molecule has 3 rings (SSSR count). The van der Waals surface area contributed by atoms with E-state index < -0.39 is 0 Å². The van der Waals surface area contributed by atoms with E-state index in [2.05, 4.69) is 27.8 Å². The molecule has 6 nitrogen and oxygen atoms in total. The summed E-state index contributed by atoms with van der Waals surface area (Å²) in [7, 11) is 0. The Morgan fingerprint density at radius 2 is 2.30 bits per heavy atom. The first kappa shape index (κ1) is 15.1. The zero-order valence-electron chi connectivity index (χ0n) is 13.2. The molecule has 0 bridgehead atoms. The van der Waals surface area contributed by atoms with Crippen LogP contribution in [0.5, 0.6) is 0 Å². The maximum atomic E-state index is 12.3. The lowest BCUT2D eigenvalue weighted by Crippen LogP contribution is -2.25. The number of nitriles is 1. The number of nitrogens with one attached hydrogen (secondary N) is 2. The number of rotatable bonds is 3. The third-order valence-corrected chi connectivity index (χ3v) is 4.23. The van der Waals surface area contributed by atoms with Gasteiger partial charge in [-0.3, -0.25) is 9.89 Å². The van der Waals surface area contributed by atoms with E-state index in [9.17, 15) is 4.79 Å². The van der Waals surface area contributed by atoms with Crippen LogP contribution < -0.4 is 5.32 Å². The topological polar surface area (TPSA) is 84.8 Å². The van der Waals surface area contributed by atoms with Crippen LogP contribution in [0.1, 0.15) is 18.9 Å². The molecule has 1 aliphatic heterocycles. The number of amides is 1. The Labute approximate surface area is 135 Å². The monoisotopic (exact) mass is 309 g/mol. The van der Waals surface area contributed by atoms with Gasteiger partial charge >= 0.3 is 0 Å². The zero-order valence-corrected chi connectivity index (χ0v) is 13.2. The predicted molar refractivity (Wildman–Crippen MR) is 87.3 cm³/mol. The number of aromatic nitrogens is 2. The van der Waals surface area contributed by atoms with Crippen LogP contribution in [-0.4, -0.2) is 33.6 Å².